The predicted octanol–water partition coefficient (Wildman–Crippen LogP) is 2.68. The minimum Gasteiger partial charge on any atom is -0.300 e. The van der Waals surface area contributed by atoms with Crippen molar-refractivity contribution in [2.45, 2.75) is 42.9 Å². The maximum atomic E-state index is 12.1. The van der Waals surface area contributed by atoms with E-state index in [-0.39, 0.29) is 17.1 Å². The first-order chi connectivity index (χ1) is 9.30. The van der Waals surface area contributed by atoms with E-state index in [9.17, 15) is 13.2 Å². The third-order valence-corrected chi connectivity index (χ3v) is 6.20. The topological polar surface area (TPSA) is 54.5 Å². The first-order valence-corrected chi connectivity index (χ1v) is 9.28. The molecule has 0 unspecified atom stereocenters. The Morgan fingerprint density at radius 1 is 1.35 bits per heavy atom. The Kier molecular flexibility index (Phi) is 4.44. The summed E-state index contributed by atoms with van der Waals surface area (Å²) in [4.78, 5) is 12.1. The molecule has 1 aliphatic rings. The summed E-state index contributed by atoms with van der Waals surface area (Å²) < 4.78 is 25.7. The number of hydrogen-bond donors (Lipinski definition) is 0. The number of hydrogen-bond acceptors (Lipinski definition) is 4. The van der Waals surface area contributed by atoms with E-state index in [4.69, 9.17) is 0 Å². The van der Waals surface area contributed by atoms with E-state index in [1.165, 1.54) is 10.6 Å². The van der Waals surface area contributed by atoms with Crippen LogP contribution in [0.25, 0.3) is 0 Å². The highest BCUT2D eigenvalue weighted by atomic mass is 32.2. The number of ketones is 1. The summed E-state index contributed by atoms with van der Waals surface area (Å²) >= 11 is 1.67. The van der Waals surface area contributed by atoms with Crippen LogP contribution in [0.5, 0.6) is 0 Å². The van der Waals surface area contributed by atoms with Crippen molar-refractivity contribution in [3.63, 3.8) is 0 Å². The number of carbonyl (C=O) groups is 1. The Morgan fingerprint density at radius 3 is 2.60 bits per heavy atom. The van der Waals surface area contributed by atoms with Gasteiger partial charge in [0.15, 0.2) is 0 Å². The van der Waals surface area contributed by atoms with Gasteiger partial charge in [0.2, 0.25) is 10.0 Å². The smallest absolute Gasteiger partial charge is 0.232 e. The lowest BCUT2D eigenvalue weighted by atomic mass is 10.1. The number of carbonyl (C=O) groups excluding carboxylic acids is 1. The van der Waals surface area contributed by atoms with E-state index < -0.39 is 10.0 Å². The molecule has 1 heterocycles. The second-order valence-corrected chi connectivity index (χ2v) is 8.30. The van der Waals surface area contributed by atoms with Crippen molar-refractivity contribution in [3.8, 4) is 0 Å². The highest BCUT2D eigenvalue weighted by molar-refractivity contribution is 8.00. The molecule has 0 radical (unpaired) electrons. The molecule has 0 fully saturated rings. The number of rotatable bonds is 4. The molecule has 0 spiro atoms. The van der Waals surface area contributed by atoms with Gasteiger partial charge in [-0.1, -0.05) is 12.1 Å². The van der Waals surface area contributed by atoms with Gasteiger partial charge in [-0.15, -0.1) is 11.8 Å². The molecule has 1 aromatic carbocycles. The Bertz CT molecular complexity index is 613. The Morgan fingerprint density at radius 2 is 2.00 bits per heavy atom. The fourth-order valence-electron chi connectivity index (χ4n) is 2.50. The number of anilines is 1. The number of thioether (sulfide) groups is 1. The maximum absolute atomic E-state index is 12.1. The molecule has 0 saturated heterocycles. The van der Waals surface area contributed by atoms with Crippen LogP contribution in [0, 0.1) is 0 Å². The van der Waals surface area contributed by atoms with Gasteiger partial charge in [-0.05, 0) is 32.4 Å². The molecule has 110 valence electrons. The SMILES string of the molecule is CC(=O)CC[C@@H]1Sc2ccccc2N(S(C)(=O)=O)[C@@H]1C. The average Bonchev–Trinajstić information content (AvgIpc) is 2.34. The summed E-state index contributed by atoms with van der Waals surface area (Å²) in [6.07, 6.45) is 2.42. The predicted molar refractivity (Wildman–Crippen MR) is 82.8 cm³/mol. The van der Waals surface area contributed by atoms with Crippen LogP contribution < -0.4 is 4.31 Å². The lowest BCUT2D eigenvalue weighted by molar-refractivity contribution is -0.117. The van der Waals surface area contributed by atoms with Gasteiger partial charge < -0.3 is 4.79 Å². The van der Waals surface area contributed by atoms with Crippen LogP contribution in [0.1, 0.15) is 26.7 Å². The van der Waals surface area contributed by atoms with Gasteiger partial charge in [0.25, 0.3) is 0 Å². The maximum Gasteiger partial charge on any atom is 0.232 e. The summed E-state index contributed by atoms with van der Waals surface area (Å²) in [5, 5.41) is 0.100. The van der Waals surface area contributed by atoms with Gasteiger partial charge in [0, 0.05) is 16.6 Å². The summed E-state index contributed by atoms with van der Waals surface area (Å²) in [5.74, 6) is 0.141. The van der Waals surface area contributed by atoms with Crippen LogP contribution in [-0.4, -0.2) is 31.7 Å². The van der Waals surface area contributed by atoms with Crippen molar-refractivity contribution in [1.29, 1.82) is 0 Å². The van der Waals surface area contributed by atoms with Gasteiger partial charge in [0.1, 0.15) is 5.78 Å². The summed E-state index contributed by atoms with van der Waals surface area (Å²) in [6.45, 7) is 3.48. The molecule has 20 heavy (non-hydrogen) atoms. The van der Waals surface area contributed by atoms with Crippen molar-refractivity contribution >= 4 is 33.3 Å². The average molecular weight is 313 g/mol. The van der Waals surface area contributed by atoms with E-state index >= 15 is 0 Å². The molecule has 1 aromatic rings. The highest BCUT2D eigenvalue weighted by Crippen LogP contribution is 2.44. The third kappa shape index (κ3) is 3.17. The second-order valence-electron chi connectivity index (χ2n) is 5.16. The number of sulfonamides is 1. The molecule has 2 rings (SSSR count). The van der Waals surface area contributed by atoms with Gasteiger partial charge in [-0.25, -0.2) is 8.42 Å². The number of Topliss-reactive ketones (excluding diaryl/α,β-unsaturated/α-hetero) is 1. The molecule has 0 bridgehead atoms. The van der Waals surface area contributed by atoms with Crippen LogP contribution in [0.15, 0.2) is 29.2 Å². The van der Waals surface area contributed by atoms with Gasteiger partial charge >= 0.3 is 0 Å². The number of nitrogens with zero attached hydrogens (tertiary/aromatic N) is 1. The monoisotopic (exact) mass is 313 g/mol. The summed E-state index contributed by atoms with van der Waals surface area (Å²) in [5.41, 5.74) is 0.742. The van der Waals surface area contributed by atoms with Gasteiger partial charge in [0.05, 0.1) is 18.0 Å². The summed E-state index contributed by atoms with van der Waals surface area (Å²) in [6, 6.07) is 7.38. The zero-order valence-electron chi connectivity index (χ0n) is 11.9. The van der Waals surface area contributed by atoms with E-state index in [0.29, 0.717) is 12.8 Å². The quantitative estimate of drug-likeness (QED) is 0.857. The molecule has 4 nitrogen and oxygen atoms in total. The van der Waals surface area contributed by atoms with Crippen molar-refractivity contribution in [2.24, 2.45) is 0 Å². The molecule has 0 N–H and O–H groups in total. The molecular formula is C14H19NO3S2. The van der Waals surface area contributed by atoms with E-state index in [2.05, 4.69) is 0 Å². The van der Waals surface area contributed by atoms with Crippen molar-refractivity contribution in [1.82, 2.24) is 0 Å². The number of para-hydroxylation sites is 1. The fourth-order valence-corrected chi connectivity index (χ4v) is 5.22. The molecule has 0 aromatic heterocycles. The minimum atomic E-state index is -3.32. The van der Waals surface area contributed by atoms with Crippen molar-refractivity contribution in [2.75, 3.05) is 10.6 Å². The van der Waals surface area contributed by atoms with Crippen molar-refractivity contribution < 1.29 is 13.2 Å². The van der Waals surface area contributed by atoms with E-state index in [1.807, 2.05) is 31.2 Å². The minimum absolute atomic E-state index is 0.100. The molecule has 0 saturated carbocycles. The first-order valence-electron chi connectivity index (χ1n) is 6.55. The van der Waals surface area contributed by atoms with Crippen LogP contribution >= 0.6 is 11.8 Å². The number of fused-ring (bicyclic) bond motifs is 1. The molecule has 0 amide bonds. The largest absolute Gasteiger partial charge is 0.300 e. The highest BCUT2D eigenvalue weighted by Gasteiger charge is 2.36. The normalized spacial score (nSPS) is 22.4. The van der Waals surface area contributed by atoms with E-state index in [1.54, 1.807) is 18.7 Å². The van der Waals surface area contributed by atoms with Crippen LogP contribution in [-0.2, 0) is 14.8 Å². The number of benzene rings is 1. The Hall–Kier alpha value is -1.01. The second kappa shape index (κ2) is 5.77. The lowest BCUT2D eigenvalue weighted by Gasteiger charge is -2.39. The van der Waals surface area contributed by atoms with Crippen LogP contribution in [0.2, 0.25) is 0 Å². The zero-order chi connectivity index (χ0) is 14.9. The first kappa shape index (κ1) is 15.4. The van der Waals surface area contributed by atoms with Crippen LogP contribution in [0.4, 0.5) is 5.69 Å². The van der Waals surface area contributed by atoms with Gasteiger partial charge in [-0.2, -0.15) is 0 Å². The van der Waals surface area contributed by atoms with Crippen molar-refractivity contribution in [3.05, 3.63) is 24.3 Å². The molecule has 1 aliphatic heterocycles. The molecule has 0 aliphatic carbocycles. The fraction of sp³-hybridized carbons (Fsp3) is 0.500. The van der Waals surface area contributed by atoms with E-state index in [0.717, 1.165) is 10.6 Å². The third-order valence-electron chi connectivity index (χ3n) is 3.43. The molecule has 2 atom stereocenters. The molecular weight excluding hydrogens is 294 g/mol. The Balaban J connectivity index is 2.38. The summed E-state index contributed by atoms with van der Waals surface area (Å²) in [7, 11) is -3.32. The lowest BCUT2D eigenvalue weighted by Crippen LogP contribution is -2.46. The van der Waals surface area contributed by atoms with Crippen LogP contribution in [0.3, 0.4) is 0 Å². The molecule has 6 heteroatoms. The standard InChI is InChI=1S/C14H19NO3S2/c1-10(16)8-9-13-11(2)15(20(3,17)18)12-6-4-5-7-14(12)19-13/h4-7,11,13H,8-9H2,1-3H3/t11-,13+/m1/s1. The van der Waals surface area contributed by atoms with Gasteiger partial charge in [-0.3, -0.25) is 4.31 Å². The Labute approximate surface area is 124 Å². The zero-order valence-corrected chi connectivity index (χ0v) is 13.5.